The summed E-state index contributed by atoms with van der Waals surface area (Å²) < 4.78 is 10.8. The number of nitrogens with zero attached hydrogens (tertiary/aromatic N) is 2. The molecule has 0 atom stereocenters. The molecule has 0 saturated heterocycles. The number of ether oxygens (including phenoxy) is 2. The van der Waals surface area contributed by atoms with E-state index in [1.54, 1.807) is 36.4 Å². The average Bonchev–Trinajstić information content (AvgIpc) is 2.52. The summed E-state index contributed by atoms with van der Waals surface area (Å²) in [4.78, 5) is 0. The van der Waals surface area contributed by atoms with E-state index >= 15 is 0 Å². The quantitative estimate of drug-likeness (QED) is 0.851. The molecule has 0 aliphatic heterocycles. The van der Waals surface area contributed by atoms with Crippen LogP contribution in [0.3, 0.4) is 0 Å². The molecule has 0 unspecified atom stereocenters. The smallest absolute Gasteiger partial charge is 0.137 e. The van der Waals surface area contributed by atoms with Crippen molar-refractivity contribution < 1.29 is 9.47 Å². The maximum Gasteiger partial charge on any atom is 0.137 e. The third-order valence-electron chi connectivity index (χ3n) is 2.76. The molecule has 0 fully saturated rings. The zero-order valence-corrected chi connectivity index (χ0v) is 11.0. The molecule has 4 nitrogen and oxygen atoms in total. The van der Waals surface area contributed by atoms with Crippen molar-refractivity contribution in [3.63, 3.8) is 0 Å². The van der Waals surface area contributed by atoms with Gasteiger partial charge in [0.15, 0.2) is 0 Å². The predicted octanol–water partition coefficient (Wildman–Crippen LogP) is 3.02. The lowest BCUT2D eigenvalue weighted by atomic mass is 10.1. The molecule has 2 aromatic rings. The van der Waals surface area contributed by atoms with E-state index in [0.717, 1.165) is 5.56 Å². The number of methoxy groups -OCH3 is 1. The van der Waals surface area contributed by atoms with E-state index in [1.807, 2.05) is 6.07 Å². The second-order valence-corrected chi connectivity index (χ2v) is 4.07. The molecule has 98 valence electrons. The van der Waals surface area contributed by atoms with Gasteiger partial charge in [-0.2, -0.15) is 10.5 Å². The van der Waals surface area contributed by atoms with Crippen molar-refractivity contribution in [2.75, 3.05) is 7.11 Å². The van der Waals surface area contributed by atoms with Crippen molar-refractivity contribution >= 4 is 0 Å². The van der Waals surface area contributed by atoms with Gasteiger partial charge in [0.25, 0.3) is 0 Å². The van der Waals surface area contributed by atoms with E-state index in [4.69, 9.17) is 20.0 Å². The van der Waals surface area contributed by atoms with Crippen LogP contribution in [0.25, 0.3) is 0 Å². The molecular weight excluding hydrogens is 252 g/mol. The fraction of sp³-hybridized carbons (Fsp3) is 0.125. The highest BCUT2D eigenvalue weighted by molar-refractivity contribution is 5.45. The van der Waals surface area contributed by atoms with Crippen molar-refractivity contribution in [1.82, 2.24) is 0 Å². The number of nitriles is 2. The van der Waals surface area contributed by atoms with E-state index in [-0.39, 0.29) is 0 Å². The van der Waals surface area contributed by atoms with E-state index in [1.165, 1.54) is 7.11 Å². The van der Waals surface area contributed by atoms with Crippen molar-refractivity contribution in [3.05, 3.63) is 59.2 Å². The molecule has 0 aliphatic carbocycles. The summed E-state index contributed by atoms with van der Waals surface area (Å²) in [6.07, 6.45) is 0. The molecule has 0 heterocycles. The van der Waals surface area contributed by atoms with Gasteiger partial charge >= 0.3 is 0 Å². The second kappa shape index (κ2) is 6.26. The van der Waals surface area contributed by atoms with Crippen LogP contribution in [0.1, 0.15) is 16.7 Å². The summed E-state index contributed by atoms with van der Waals surface area (Å²) >= 11 is 0. The maximum absolute atomic E-state index is 8.91. The standard InChI is InChI=1S/C16H12N2O2/c1-19-16-8-13(5-6-14(16)10-18)11-20-15-4-2-3-12(7-15)9-17/h2-8H,11H2,1H3. The zero-order chi connectivity index (χ0) is 14.4. The summed E-state index contributed by atoms with van der Waals surface area (Å²) in [7, 11) is 1.53. The summed E-state index contributed by atoms with van der Waals surface area (Å²) in [6, 6.07) is 16.4. The second-order valence-electron chi connectivity index (χ2n) is 4.07. The summed E-state index contributed by atoms with van der Waals surface area (Å²) in [5, 5.41) is 17.7. The van der Waals surface area contributed by atoms with Crippen LogP contribution >= 0.6 is 0 Å². The van der Waals surface area contributed by atoms with E-state index in [2.05, 4.69) is 12.1 Å². The van der Waals surface area contributed by atoms with Gasteiger partial charge in [-0.25, -0.2) is 0 Å². The molecule has 4 heteroatoms. The minimum absolute atomic E-state index is 0.344. The molecule has 0 bridgehead atoms. The Morgan fingerprint density at radius 1 is 1.05 bits per heavy atom. The summed E-state index contributed by atoms with van der Waals surface area (Å²) in [6.45, 7) is 0.344. The lowest BCUT2D eigenvalue weighted by molar-refractivity contribution is 0.305. The first-order chi connectivity index (χ1) is 9.76. The average molecular weight is 264 g/mol. The molecular formula is C16H12N2O2. The molecule has 0 aliphatic rings. The minimum atomic E-state index is 0.344. The lowest BCUT2D eigenvalue weighted by Gasteiger charge is -2.08. The molecule has 0 spiro atoms. The first-order valence-electron chi connectivity index (χ1n) is 5.97. The van der Waals surface area contributed by atoms with Crippen LogP contribution < -0.4 is 9.47 Å². The largest absolute Gasteiger partial charge is 0.495 e. The molecule has 0 saturated carbocycles. The SMILES string of the molecule is COc1cc(COc2cccc(C#N)c2)ccc1C#N. The zero-order valence-electron chi connectivity index (χ0n) is 11.0. The highest BCUT2D eigenvalue weighted by atomic mass is 16.5. The van der Waals surface area contributed by atoms with Gasteiger partial charge < -0.3 is 9.47 Å². The van der Waals surface area contributed by atoms with Crippen molar-refractivity contribution in [3.8, 4) is 23.6 Å². The minimum Gasteiger partial charge on any atom is -0.495 e. The van der Waals surface area contributed by atoms with E-state index < -0.39 is 0 Å². The third-order valence-corrected chi connectivity index (χ3v) is 2.76. The molecule has 0 amide bonds. The topological polar surface area (TPSA) is 66.0 Å². The van der Waals surface area contributed by atoms with Crippen LogP contribution in [0.15, 0.2) is 42.5 Å². The Kier molecular flexibility index (Phi) is 4.21. The van der Waals surface area contributed by atoms with Gasteiger partial charge in [-0.05, 0) is 35.9 Å². The Labute approximate surface area is 117 Å². The van der Waals surface area contributed by atoms with Gasteiger partial charge in [-0.15, -0.1) is 0 Å². The van der Waals surface area contributed by atoms with Crippen molar-refractivity contribution in [1.29, 1.82) is 10.5 Å². The van der Waals surface area contributed by atoms with Gasteiger partial charge in [0.05, 0.1) is 24.3 Å². The normalized spacial score (nSPS) is 9.35. The van der Waals surface area contributed by atoms with Gasteiger partial charge in [-0.1, -0.05) is 12.1 Å². The lowest BCUT2D eigenvalue weighted by Crippen LogP contribution is -1.97. The number of hydrogen-bond acceptors (Lipinski definition) is 4. The van der Waals surface area contributed by atoms with Gasteiger partial charge in [-0.3, -0.25) is 0 Å². The van der Waals surface area contributed by atoms with Crippen molar-refractivity contribution in [2.45, 2.75) is 6.61 Å². The first-order valence-corrected chi connectivity index (χ1v) is 5.97. The third kappa shape index (κ3) is 3.07. The molecule has 0 N–H and O–H groups in total. The Hall–Kier alpha value is -2.98. The Morgan fingerprint density at radius 2 is 1.90 bits per heavy atom. The van der Waals surface area contributed by atoms with Crippen LogP contribution in [0.4, 0.5) is 0 Å². The molecule has 2 rings (SSSR count). The van der Waals surface area contributed by atoms with Crippen molar-refractivity contribution in [2.24, 2.45) is 0 Å². The van der Waals surface area contributed by atoms with Gasteiger partial charge in [0, 0.05) is 0 Å². The van der Waals surface area contributed by atoms with E-state index in [9.17, 15) is 0 Å². The Bertz CT molecular complexity index is 696. The number of hydrogen-bond donors (Lipinski definition) is 0. The molecule has 20 heavy (non-hydrogen) atoms. The van der Waals surface area contributed by atoms with E-state index in [0.29, 0.717) is 29.2 Å². The van der Waals surface area contributed by atoms with Gasteiger partial charge in [0.1, 0.15) is 24.2 Å². The highest BCUT2D eigenvalue weighted by Gasteiger charge is 2.04. The Morgan fingerprint density at radius 3 is 2.60 bits per heavy atom. The summed E-state index contributed by atoms with van der Waals surface area (Å²) in [5.41, 5.74) is 1.94. The molecule has 0 radical (unpaired) electrons. The first kappa shape index (κ1) is 13.5. The van der Waals surface area contributed by atoms with Gasteiger partial charge in [0.2, 0.25) is 0 Å². The monoisotopic (exact) mass is 264 g/mol. The van der Waals surface area contributed by atoms with Crippen LogP contribution in [0, 0.1) is 22.7 Å². The highest BCUT2D eigenvalue weighted by Crippen LogP contribution is 2.21. The molecule has 2 aromatic carbocycles. The number of rotatable bonds is 4. The van der Waals surface area contributed by atoms with Crippen LogP contribution in [0.2, 0.25) is 0 Å². The number of benzene rings is 2. The maximum atomic E-state index is 8.91. The fourth-order valence-electron chi connectivity index (χ4n) is 1.74. The summed E-state index contributed by atoms with van der Waals surface area (Å²) in [5.74, 6) is 1.16. The molecule has 0 aromatic heterocycles. The van der Waals surface area contributed by atoms with Crippen LogP contribution in [0.5, 0.6) is 11.5 Å². The van der Waals surface area contributed by atoms with Crippen LogP contribution in [-0.4, -0.2) is 7.11 Å². The predicted molar refractivity (Wildman–Crippen MR) is 73.2 cm³/mol. The van der Waals surface area contributed by atoms with Crippen LogP contribution in [-0.2, 0) is 6.61 Å². The Balaban J connectivity index is 2.11. The fourth-order valence-corrected chi connectivity index (χ4v) is 1.74.